The molecule has 0 bridgehead atoms. The van der Waals surface area contributed by atoms with Gasteiger partial charge in [-0.25, -0.2) is 8.78 Å². The van der Waals surface area contributed by atoms with Crippen LogP contribution < -0.4 is 5.32 Å². The Labute approximate surface area is 107 Å². The molecule has 2 atom stereocenters. The van der Waals surface area contributed by atoms with E-state index in [2.05, 4.69) is 18.3 Å². The van der Waals surface area contributed by atoms with Crippen molar-refractivity contribution in [2.45, 2.75) is 32.2 Å². The minimum absolute atomic E-state index is 0.344. The number of hydrogen-bond donors (Lipinski definition) is 1. The predicted molar refractivity (Wildman–Crippen MR) is 70.2 cm³/mol. The molecule has 3 heteroatoms. The molecule has 0 spiro atoms. The molecule has 1 fully saturated rings. The SMILES string of the molecule is CCC1CCNC(/C=C/c2ccc(F)c(F)c2)C1. The molecule has 1 aromatic carbocycles. The van der Waals surface area contributed by atoms with Gasteiger partial charge in [0.2, 0.25) is 0 Å². The van der Waals surface area contributed by atoms with E-state index in [4.69, 9.17) is 0 Å². The third-order valence-corrected chi connectivity index (χ3v) is 3.59. The van der Waals surface area contributed by atoms with Gasteiger partial charge in [-0.15, -0.1) is 0 Å². The van der Waals surface area contributed by atoms with Crippen molar-refractivity contribution in [3.8, 4) is 0 Å². The molecule has 98 valence electrons. The summed E-state index contributed by atoms with van der Waals surface area (Å²) in [5.41, 5.74) is 0.703. The zero-order valence-corrected chi connectivity index (χ0v) is 10.6. The normalized spacial score (nSPS) is 24.6. The first-order chi connectivity index (χ1) is 8.69. The van der Waals surface area contributed by atoms with Gasteiger partial charge in [-0.2, -0.15) is 0 Å². The van der Waals surface area contributed by atoms with Crippen LogP contribution >= 0.6 is 0 Å². The summed E-state index contributed by atoms with van der Waals surface area (Å²) < 4.78 is 25.8. The lowest BCUT2D eigenvalue weighted by Gasteiger charge is -2.27. The molecule has 1 heterocycles. The van der Waals surface area contributed by atoms with Crippen LogP contribution in [0.5, 0.6) is 0 Å². The molecule has 0 aliphatic carbocycles. The van der Waals surface area contributed by atoms with Crippen molar-refractivity contribution in [1.82, 2.24) is 5.32 Å². The Morgan fingerprint density at radius 3 is 2.89 bits per heavy atom. The highest BCUT2D eigenvalue weighted by Crippen LogP contribution is 2.20. The molecule has 0 saturated carbocycles. The standard InChI is InChI=1S/C15H19F2N/c1-2-11-7-8-18-13(9-11)5-3-12-4-6-14(16)15(17)10-12/h3-6,10-11,13,18H,2,7-9H2,1H3/b5-3+. The summed E-state index contributed by atoms with van der Waals surface area (Å²) in [6.45, 7) is 3.25. The van der Waals surface area contributed by atoms with E-state index in [0.717, 1.165) is 24.9 Å². The van der Waals surface area contributed by atoms with Crippen LogP contribution in [0.4, 0.5) is 8.78 Å². The molecule has 1 nitrogen and oxygen atoms in total. The van der Waals surface area contributed by atoms with Crippen molar-refractivity contribution in [1.29, 1.82) is 0 Å². The second kappa shape index (κ2) is 6.10. The van der Waals surface area contributed by atoms with Crippen LogP contribution in [0.2, 0.25) is 0 Å². The average Bonchev–Trinajstić information content (AvgIpc) is 2.40. The van der Waals surface area contributed by atoms with Crippen LogP contribution in [-0.4, -0.2) is 12.6 Å². The van der Waals surface area contributed by atoms with Crippen molar-refractivity contribution in [2.24, 2.45) is 5.92 Å². The maximum absolute atomic E-state index is 13.0. The molecule has 1 aliphatic heterocycles. The fourth-order valence-electron chi connectivity index (χ4n) is 2.39. The Morgan fingerprint density at radius 1 is 1.33 bits per heavy atom. The summed E-state index contributed by atoms with van der Waals surface area (Å²) in [5, 5.41) is 3.43. The Kier molecular flexibility index (Phi) is 4.48. The number of nitrogens with one attached hydrogen (secondary N) is 1. The van der Waals surface area contributed by atoms with E-state index in [0.29, 0.717) is 11.6 Å². The maximum Gasteiger partial charge on any atom is 0.159 e. The van der Waals surface area contributed by atoms with E-state index < -0.39 is 11.6 Å². The summed E-state index contributed by atoms with van der Waals surface area (Å²) in [6, 6.07) is 4.33. The first-order valence-electron chi connectivity index (χ1n) is 6.55. The smallest absolute Gasteiger partial charge is 0.159 e. The maximum atomic E-state index is 13.0. The highest BCUT2D eigenvalue weighted by molar-refractivity contribution is 5.50. The molecule has 1 aliphatic rings. The molecule has 0 aromatic heterocycles. The van der Waals surface area contributed by atoms with Gasteiger partial charge in [0.05, 0.1) is 0 Å². The molecule has 1 aromatic rings. The minimum atomic E-state index is -0.797. The largest absolute Gasteiger partial charge is 0.310 e. The van der Waals surface area contributed by atoms with Crippen molar-refractivity contribution < 1.29 is 8.78 Å². The van der Waals surface area contributed by atoms with Crippen molar-refractivity contribution in [3.05, 3.63) is 41.5 Å². The Morgan fingerprint density at radius 2 is 2.17 bits per heavy atom. The first kappa shape index (κ1) is 13.2. The van der Waals surface area contributed by atoms with Gasteiger partial charge in [0.15, 0.2) is 11.6 Å². The zero-order chi connectivity index (χ0) is 13.0. The third-order valence-electron chi connectivity index (χ3n) is 3.59. The number of hydrogen-bond acceptors (Lipinski definition) is 1. The first-order valence-corrected chi connectivity index (χ1v) is 6.55. The quantitative estimate of drug-likeness (QED) is 0.862. The monoisotopic (exact) mass is 251 g/mol. The zero-order valence-electron chi connectivity index (χ0n) is 10.6. The van der Waals surface area contributed by atoms with E-state index in [9.17, 15) is 8.78 Å². The van der Waals surface area contributed by atoms with Gasteiger partial charge in [-0.1, -0.05) is 31.6 Å². The Bertz CT molecular complexity index is 429. The summed E-state index contributed by atoms with van der Waals surface area (Å²) in [6.07, 6.45) is 7.46. The predicted octanol–water partition coefficient (Wildman–Crippen LogP) is 3.76. The van der Waals surface area contributed by atoms with Crippen LogP contribution in [-0.2, 0) is 0 Å². The minimum Gasteiger partial charge on any atom is -0.310 e. The fourth-order valence-corrected chi connectivity index (χ4v) is 2.39. The van der Waals surface area contributed by atoms with Gasteiger partial charge >= 0.3 is 0 Å². The van der Waals surface area contributed by atoms with Crippen molar-refractivity contribution in [2.75, 3.05) is 6.54 Å². The van der Waals surface area contributed by atoms with Gasteiger partial charge in [0, 0.05) is 6.04 Å². The molecular weight excluding hydrogens is 232 g/mol. The molecule has 1 saturated heterocycles. The van der Waals surface area contributed by atoms with Crippen LogP contribution in [0.15, 0.2) is 24.3 Å². The number of benzene rings is 1. The van der Waals surface area contributed by atoms with Gasteiger partial charge < -0.3 is 5.32 Å². The highest BCUT2D eigenvalue weighted by Gasteiger charge is 2.17. The highest BCUT2D eigenvalue weighted by atomic mass is 19.2. The van der Waals surface area contributed by atoms with E-state index in [1.807, 2.05) is 6.08 Å². The molecule has 2 rings (SSSR count). The van der Waals surface area contributed by atoms with Gasteiger partial charge in [-0.3, -0.25) is 0 Å². The average molecular weight is 251 g/mol. The second-order valence-corrected chi connectivity index (χ2v) is 4.89. The number of piperidine rings is 1. The molecular formula is C15H19F2N. The lowest BCUT2D eigenvalue weighted by Crippen LogP contribution is -2.36. The van der Waals surface area contributed by atoms with E-state index in [1.165, 1.54) is 18.9 Å². The summed E-state index contributed by atoms with van der Waals surface area (Å²) in [7, 11) is 0. The van der Waals surface area contributed by atoms with Gasteiger partial charge in [0.1, 0.15) is 0 Å². The summed E-state index contributed by atoms with van der Waals surface area (Å²) in [4.78, 5) is 0. The van der Waals surface area contributed by atoms with Crippen molar-refractivity contribution in [3.63, 3.8) is 0 Å². The van der Waals surface area contributed by atoms with Crippen LogP contribution in [0.3, 0.4) is 0 Å². The molecule has 1 N–H and O–H groups in total. The van der Waals surface area contributed by atoms with Crippen LogP contribution in [0, 0.1) is 17.6 Å². The molecule has 18 heavy (non-hydrogen) atoms. The lowest BCUT2D eigenvalue weighted by atomic mass is 9.90. The van der Waals surface area contributed by atoms with Crippen LogP contribution in [0.25, 0.3) is 6.08 Å². The van der Waals surface area contributed by atoms with Gasteiger partial charge in [0.25, 0.3) is 0 Å². The topological polar surface area (TPSA) is 12.0 Å². The second-order valence-electron chi connectivity index (χ2n) is 4.89. The molecule has 0 radical (unpaired) electrons. The number of rotatable bonds is 3. The van der Waals surface area contributed by atoms with Crippen molar-refractivity contribution >= 4 is 6.08 Å². The molecule has 0 amide bonds. The van der Waals surface area contributed by atoms with Crippen LogP contribution in [0.1, 0.15) is 31.7 Å². The van der Waals surface area contributed by atoms with E-state index >= 15 is 0 Å². The molecule has 2 unspecified atom stereocenters. The number of halogens is 2. The Balaban J connectivity index is 1.99. The van der Waals surface area contributed by atoms with Gasteiger partial charge in [-0.05, 0) is 43.0 Å². The lowest BCUT2D eigenvalue weighted by molar-refractivity contribution is 0.326. The third kappa shape index (κ3) is 3.39. The summed E-state index contributed by atoms with van der Waals surface area (Å²) in [5.74, 6) is -0.819. The Hall–Kier alpha value is -1.22. The van der Waals surface area contributed by atoms with E-state index in [-0.39, 0.29) is 0 Å². The summed E-state index contributed by atoms with van der Waals surface area (Å²) >= 11 is 0. The van der Waals surface area contributed by atoms with E-state index in [1.54, 1.807) is 6.07 Å². The fraction of sp³-hybridized carbons (Fsp3) is 0.467.